The van der Waals surface area contributed by atoms with E-state index >= 15 is 0 Å². The van der Waals surface area contributed by atoms with Gasteiger partial charge in [0.2, 0.25) is 0 Å². The Morgan fingerprint density at radius 1 is 1.30 bits per heavy atom. The highest BCUT2D eigenvalue weighted by molar-refractivity contribution is 5.92. The molecule has 0 bridgehead atoms. The predicted molar refractivity (Wildman–Crippen MR) is 101 cm³/mol. The molecule has 0 radical (unpaired) electrons. The highest BCUT2D eigenvalue weighted by Crippen LogP contribution is 2.47. The molecule has 5 heteroatoms. The van der Waals surface area contributed by atoms with Crippen molar-refractivity contribution in [2.24, 2.45) is 11.8 Å². The predicted octanol–water partition coefficient (Wildman–Crippen LogP) is 4.50. The van der Waals surface area contributed by atoms with Crippen molar-refractivity contribution in [3.63, 3.8) is 0 Å². The van der Waals surface area contributed by atoms with Crippen LogP contribution in [-0.2, 0) is 0 Å². The summed E-state index contributed by atoms with van der Waals surface area (Å²) >= 11 is 0. The molecule has 134 valence electrons. The number of aromatic nitrogens is 2. The summed E-state index contributed by atoms with van der Waals surface area (Å²) in [7, 11) is 0. The van der Waals surface area contributed by atoms with Crippen LogP contribution in [0.5, 0.6) is 5.75 Å². The summed E-state index contributed by atoms with van der Waals surface area (Å²) in [4.78, 5) is 11.8. The third-order valence-corrected chi connectivity index (χ3v) is 5.51. The average molecular weight is 358 g/mol. The maximum absolute atomic E-state index is 11.8. The third kappa shape index (κ3) is 2.72. The van der Waals surface area contributed by atoms with Crippen LogP contribution >= 0.6 is 0 Å². The number of benzene rings is 1. The van der Waals surface area contributed by atoms with Gasteiger partial charge in [-0.25, -0.2) is 4.79 Å². The molecule has 2 aromatic rings. The molecule has 5 rings (SSSR count). The maximum Gasteiger partial charge on any atom is 0.339 e. The Kier molecular flexibility index (Phi) is 3.60. The Bertz CT molecular complexity index is 1040. The van der Waals surface area contributed by atoms with Gasteiger partial charge in [-0.15, -0.1) is 0 Å². The molecule has 0 aliphatic heterocycles. The number of carbonyl (C=O) groups is 1. The number of nitrogens with zero attached hydrogens (tertiary/aromatic N) is 1. The zero-order chi connectivity index (χ0) is 18.4. The molecule has 3 aliphatic carbocycles. The van der Waals surface area contributed by atoms with E-state index in [1.807, 2.05) is 12.1 Å². The van der Waals surface area contributed by atoms with E-state index in [2.05, 4.69) is 34.5 Å². The van der Waals surface area contributed by atoms with Gasteiger partial charge in [-0.05, 0) is 54.2 Å². The Labute approximate surface area is 156 Å². The van der Waals surface area contributed by atoms with Crippen molar-refractivity contribution in [2.45, 2.75) is 12.8 Å². The molecular formula is C22H18N2O3. The van der Waals surface area contributed by atoms with E-state index in [4.69, 9.17) is 4.74 Å². The van der Waals surface area contributed by atoms with Crippen LogP contribution < -0.4 is 4.74 Å². The Morgan fingerprint density at radius 3 is 3.04 bits per heavy atom. The summed E-state index contributed by atoms with van der Waals surface area (Å²) in [6, 6.07) is 5.19. The fourth-order valence-corrected chi connectivity index (χ4v) is 4.27. The average Bonchev–Trinajstić information content (AvgIpc) is 3.33. The first-order chi connectivity index (χ1) is 13.2. The fourth-order valence-electron chi connectivity index (χ4n) is 4.27. The van der Waals surface area contributed by atoms with Crippen molar-refractivity contribution in [1.82, 2.24) is 10.2 Å². The van der Waals surface area contributed by atoms with Crippen LogP contribution in [0.3, 0.4) is 0 Å². The number of carboxylic acids is 1. The van der Waals surface area contributed by atoms with E-state index in [9.17, 15) is 9.90 Å². The normalized spacial score (nSPS) is 22.6. The summed E-state index contributed by atoms with van der Waals surface area (Å²) < 4.78 is 6.05. The fraction of sp³-hybridized carbons (Fsp3) is 0.182. The van der Waals surface area contributed by atoms with Crippen LogP contribution in [0.25, 0.3) is 11.1 Å². The van der Waals surface area contributed by atoms with Crippen LogP contribution in [0.15, 0.2) is 77.9 Å². The van der Waals surface area contributed by atoms with Gasteiger partial charge in [0, 0.05) is 17.7 Å². The van der Waals surface area contributed by atoms with E-state index < -0.39 is 5.97 Å². The summed E-state index contributed by atoms with van der Waals surface area (Å²) in [6.07, 6.45) is 16.2. The smallest absolute Gasteiger partial charge is 0.339 e. The molecule has 0 saturated heterocycles. The summed E-state index contributed by atoms with van der Waals surface area (Å²) in [6.45, 7) is 0. The zero-order valence-electron chi connectivity index (χ0n) is 14.6. The second kappa shape index (κ2) is 6.13. The molecule has 27 heavy (non-hydrogen) atoms. The number of H-pyrrole nitrogens is 1. The van der Waals surface area contributed by atoms with Gasteiger partial charge in [0.15, 0.2) is 0 Å². The molecule has 5 nitrogen and oxygen atoms in total. The molecule has 1 aromatic carbocycles. The number of aromatic carboxylic acids is 1. The molecule has 1 saturated carbocycles. The first-order valence-electron chi connectivity index (χ1n) is 9.04. The van der Waals surface area contributed by atoms with Gasteiger partial charge in [0.05, 0.1) is 6.20 Å². The number of hydrogen-bond donors (Lipinski definition) is 2. The van der Waals surface area contributed by atoms with E-state index in [1.54, 1.807) is 24.5 Å². The van der Waals surface area contributed by atoms with Gasteiger partial charge in [0.25, 0.3) is 0 Å². The number of ether oxygens (including phenoxy) is 1. The SMILES string of the molecule is O=C(O)c1cc(-c2cn[nH]c2)ccc1OC1=CC2CCC3=CC=CC(=C1)C32. The molecule has 2 atom stereocenters. The third-order valence-electron chi connectivity index (χ3n) is 5.51. The lowest BCUT2D eigenvalue weighted by molar-refractivity contribution is 0.0694. The topological polar surface area (TPSA) is 75.2 Å². The Morgan fingerprint density at radius 2 is 2.22 bits per heavy atom. The summed E-state index contributed by atoms with van der Waals surface area (Å²) in [5.74, 6) is 0.947. The number of nitrogens with one attached hydrogen (secondary N) is 1. The second-order valence-electron chi connectivity index (χ2n) is 7.10. The summed E-state index contributed by atoms with van der Waals surface area (Å²) in [5.41, 5.74) is 4.49. The van der Waals surface area contributed by atoms with Crippen molar-refractivity contribution in [3.05, 3.63) is 83.4 Å². The van der Waals surface area contributed by atoms with Crippen LogP contribution in [0, 0.1) is 11.8 Å². The van der Waals surface area contributed by atoms with Crippen molar-refractivity contribution in [1.29, 1.82) is 0 Å². The quantitative estimate of drug-likeness (QED) is 0.844. The van der Waals surface area contributed by atoms with Gasteiger partial charge in [0.1, 0.15) is 17.1 Å². The molecule has 1 aromatic heterocycles. The van der Waals surface area contributed by atoms with Gasteiger partial charge in [-0.2, -0.15) is 5.10 Å². The monoisotopic (exact) mass is 358 g/mol. The minimum absolute atomic E-state index is 0.140. The van der Waals surface area contributed by atoms with E-state index in [-0.39, 0.29) is 5.56 Å². The second-order valence-corrected chi connectivity index (χ2v) is 7.10. The standard InChI is InChI=1S/C22H18N2O3/c25-22(26)19-10-14(17-11-23-24-12-17)6-7-20(19)27-18-8-15-3-1-2-13-4-5-16(9-18)21(13)15/h1-3,6-12,16,21H,4-5H2,(H,23,24)(H,25,26). The van der Waals surface area contributed by atoms with Crippen LogP contribution in [0.1, 0.15) is 23.2 Å². The molecule has 2 unspecified atom stereocenters. The Hall–Kier alpha value is -3.34. The van der Waals surface area contributed by atoms with Gasteiger partial charge in [-0.3, -0.25) is 5.10 Å². The van der Waals surface area contributed by atoms with Crippen molar-refractivity contribution in [3.8, 4) is 16.9 Å². The minimum Gasteiger partial charge on any atom is -0.478 e. The summed E-state index contributed by atoms with van der Waals surface area (Å²) in [5, 5.41) is 16.3. The number of aromatic amines is 1. The lowest BCUT2D eigenvalue weighted by atomic mass is 9.80. The van der Waals surface area contributed by atoms with Gasteiger partial charge >= 0.3 is 5.97 Å². The van der Waals surface area contributed by atoms with Crippen molar-refractivity contribution >= 4 is 5.97 Å². The number of allylic oxidation sites excluding steroid dienone is 7. The van der Waals surface area contributed by atoms with E-state index in [0.29, 0.717) is 17.6 Å². The number of carboxylic acid groups (broad SMARTS) is 1. The highest BCUT2D eigenvalue weighted by atomic mass is 16.5. The molecule has 1 heterocycles. The van der Waals surface area contributed by atoms with Gasteiger partial charge in [-0.1, -0.05) is 29.9 Å². The molecule has 0 amide bonds. The molecule has 0 spiro atoms. The van der Waals surface area contributed by atoms with Gasteiger partial charge < -0.3 is 9.84 Å². The molecule has 3 aliphatic rings. The molecule has 1 fully saturated rings. The largest absolute Gasteiger partial charge is 0.478 e. The molecule has 2 N–H and O–H groups in total. The lowest BCUT2D eigenvalue weighted by Crippen LogP contribution is -2.17. The Balaban J connectivity index is 1.48. The number of hydrogen-bond acceptors (Lipinski definition) is 3. The van der Waals surface area contributed by atoms with E-state index in [1.165, 1.54) is 11.1 Å². The molecular weight excluding hydrogens is 340 g/mol. The lowest BCUT2D eigenvalue weighted by Gasteiger charge is -2.27. The van der Waals surface area contributed by atoms with Crippen LogP contribution in [0.4, 0.5) is 0 Å². The number of rotatable bonds is 4. The highest BCUT2D eigenvalue weighted by Gasteiger charge is 2.36. The first-order valence-corrected chi connectivity index (χ1v) is 9.04. The first kappa shape index (κ1) is 15.9. The van der Waals surface area contributed by atoms with Crippen LogP contribution in [0.2, 0.25) is 0 Å². The van der Waals surface area contributed by atoms with E-state index in [0.717, 1.165) is 29.7 Å². The van der Waals surface area contributed by atoms with Crippen molar-refractivity contribution < 1.29 is 14.6 Å². The van der Waals surface area contributed by atoms with Crippen LogP contribution in [-0.4, -0.2) is 21.3 Å². The zero-order valence-corrected chi connectivity index (χ0v) is 14.6. The van der Waals surface area contributed by atoms with Crippen molar-refractivity contribution in [2.75, 3.05) is 0 Å². The maximum atomic E-state index is 11.8. The minimum atomic E-state index is -1.01.